The summed E-state index contributed by atoms with van der Waals surface area (Å²) in [6.45, 7) is 5.03. The molecule has 0 aliphatic rings. The summed E-state index contributed by atoms with van der Waals surface area (Å²) >= 11 is 0. The molecule has 1 heterocycles. The Hall–Kier alpha value is -1.47. The van der Waals surface area contributed by atoms with Gasteiger partial charge in [0.2, 0.25) is 0 Å². The van der Waals surface area contributed by atoms with Crippen LogP contribution in [0.2, 0.25) is 0 Å². The number of pyridine rings is 1. The van der Waals surface area contributed by atoms with E-state index in [4.69, 9.17) is 13.8 Å². The highest BCUT2D eigenvalue weighted by molar-refractivity contribution is 7.56. The van der Waals surface area contributed by atoms with Crippen molar-refractivity contribution in [3.63, 3.8) is 0 Å². The van der Waals surface area contributed by atoms with Gasteiger partial charge in [-0.3, -0.25) is 9.55 Å². The summed E-state index contributed by atoms with van der Waals surface area (Å²) < 4.78 is 28.1. The van der Waals surface area contributed by atoms with Gasteiger partial charge in [0.1, 0.15) is 0 Å². The predicted molar refractivity (Wildman–Crippen MR) is 89.8 cm³/mol. The Morgan fingerprint density at radius 2 is 1.96 bits per heavy atom. The van der Waals surface area contributed by atoms with E-state index in [1.54, 1.807) is 45.3 Å². The van der Waals surface area contributed by atoms with Crippen molar-refractivity contribution in [2.45, 2.75) is 32.5 Å². The van der Waals surface area contributed by atoms with Gasteiger partial charge >= 0.3 is 13.6 Å². The molecule has 0 aliphatic carbocycles. The van der Waals surface area contributed by atoms with Crippen LogP contribution in [0.15, 0.2) is 24.5 Å². The van der Waals surface area contributed by atoms with Gasteiger partial charge < -0.3 is 24.2 Å². The average molecular weight is 360 g/mol. The normalized spacial score (nSPS) is 14.0. The Morgan fingerprint density at radius 3 is 2.46 bits per heavy atom. The third-order valence-corrected chi connectivity index (χ3v) is 5.63. The first-order chi connectivity index (χ1) is 11.4. The van der Waals surface area contributed by atoms with Gasteiger partial charge in [-0.1, -0.05) is 0 Å². The quantitative estimate of drug-likeness (QED) is 0.458. The number of nitrogens with one attached hydrogen (secondary N) is 1. The molecule has 0 aromatic carbocycles. The number of hydrogen-bond acceptors (Lipinski definition) is 8. The summed E-state index contributed by atoms with van der Waals surface area (Å²) in [5.41, 5.74) is 0.700. The molecule has 0 spiro atoms. The van der Waals surface area contributed by atoms with E-state index in [9.17, 15) is 14.5 Å². The number of hydrogen-bond donors (Lipinski definition) is 2. The Bertz CT molecular complexity index is 546. The van der Waals surface area contributed by atoms with Crippen molar-refractivity contribution in [3.05, 3.63) is 24.5 Å². The zero-order valence-corrected chi connectivity index (χ0v) is 15.1. The van der Waals surface area contributed by atoms with Crippen LogP contribution >= 0.6 is 7.60 Å². The lowest BCUT2D eigenvalue weighted by atomic mass is 10.2. The molecule has 0 saturated carbocycles. The van der Waals surface area contributed by atoms with Crippen LogP contribution < -0.4 is 5.32 Å². The molecule has 0 fully saturated rings. The molecule has 2 N–H and O–H groups in total. The van der Waals surface area contributed by atoms with E-state index in [1.165, 1.54) is 0 Å². The second-order valence-corrected chi connectivity index (χ2v) is 7.04. The molecule has 1 aromatic heterocycles. The highest BCUT2D eigenvalue weighted by atomic mass is 31.2. The number of carbonyl (C=O) groups is 1. The summed E-state index contributed by atoms with van der Waals surface area (Å²) in [5.74, 6) is -1.02. The molecule has 24 heavy (non-hydrogen) atoms. The molecule has 136 valence electrons. The van der Waals surface area contributed by atoms with E-state index in [-0.39, 0.29) is 32.8 Å². The zero-order valence-electron chi connectivity index (χ0n) is 14.2. The second kappa shape index (κ2) is 9.74. The maximum absolute atomic E-state index is 13.0. The van der Waals surface area contributed by atoms with Crippen LogP contribution in [-0.2, 0) is 23.1 Å². The van der Waals surface area contributed by atoms with Gasteiger partial charge in [0.25, 0.3) is 5.34 Å². The lowest BCUT2D eigenvalue weighted by molar-refractivity contribution is -0.158. The number of aromatic nitrogens is 1. The fraction of sp³-hybridized carbons (Fsp3) is 0.600. The van der Waals surface area contributed by atoms with Gasteiger partial charge in [0, 0.05) is 25.4 Å². The minimum absolute atomic E-state index is 0.0228. The van der Waals surface area contributed by atoms with Gasteiger partial charge in [-0.05, 0) is 32.9 Å². The largest absolute Gasteiger partial charge is 0.463 e. The van der Waals surface area contributed by atoms with Crippen LogP contribution in [0.1, 0.15) is 27.2 Å². The van der Waals surface area contributed by atoms with E-state index >= 15 is 0 Å². The minimum Gasteiger partial charge on any atom is -0.463 e. The summed E-state index contributed by atoms with van der Waals surface area (Å²) in [6, 6.07) is 3.52. The maximum atomic E-state index is 13.0. The van der Waals surface area contributed by atoms with Gasteiger partial charge in [-0.15, -0.1) is 0 Å². The molecule has 0 amide bonds. The van der Waals surface area contributed by atoms with E-state index in [2.05, 4.69) is 10.3 Å². The predicted octanol–water partition coefficient (Wildman–Crippen LogP) is 2.40. The molecule has 9 heteroatoms. The van der Waals surface area contributed by atoms with Crippen molar-refractivity contribution in [2.24, 2.45) is 0 Å². The fourth-order valence-electron chi connectivity index (χ4n) is 2.04. The van der Waals surface area contributed by atoms with Crippen LogP contribution in [0.25, 0.3) is 0 Å². The van der Waals surface area contributed by atoms with Gasteiger partial charge in [0.05, 0.1) is 25.5 Å². The van der Waals surface area contributed by atoms with Gasteiger partial charge in [-0.25, -0.2) is 4.79 Å². The number of aliphatic hydroxyl groups is 1. The molecule has 8 nitrogen and oxygen atoms in total. The third kappa shape index (κ3) is 5.01. The van der Waals surface area contributed by atoms with Gasteiger partial charge in [0.15, 0.2) is 0 Å². The second-order valence-electron chi connectivity index (χ2n) is 4.79. The minimum atomic E-state index is -4.12. The SMILES string of the molecule is CCOC(=O)C(O)(CCNc1cccnc1)P(=O)(OCC)OCC. The zero-order chi connectivity index (χ0) is 18.1. The molecule has 0 saturated heterocycles. The number of rotatable bonds is 11. The number of anilines is 1. The summed E-state index contributed by atoms with van der Waals surface area (Å²) in [5, 5.41) is 11.4. The Kier molecular flexibility index (Phi) is 8.35. The molecule has 1 aromatic rings. The first-order valence-electron chi connectivity index (χ1n) is 7.86. The monoisotopic (exact) mass is 360 g/mol. The van der Waals surface area contributed by atoms with Crippen molar-refractivity contribution < 1.29 is 28.3 Å². The maximum Gasteiger partial charge on any atom is 0.373 e. The van der Waals surface area contributed by atoms with Gasteiger partial charge in [-0.2, -0.15) is 0 Å². The molecular weight excluding hydrogens is 335 g/mol. The number of nitrogens with zero attached hydrogens (tertiary/aromatic N) is 1. The fourth-order valence-corrected chi connectivity index (χ4v) is 3.89. The molecule has 0 aliphatic heterocycles. The van der Waals surface area contributed by atoms with Crippen molar-refractivity contribution >= 4 is 19.3 Å². The highest BCUT2D eigenvalue weighted by Gasteiger charge is 2.56. The summed E-state index contributed by atoms with van der Waals surface area (Å²) in [4.78, 5) is 16.2. The number of esters is 1. The lowest BCUT2D eigenvalue weighted by Crippen LogP contribution is -2.43. The third-order valence-electron chi connectivity index (χ3n) is 3.12. The highest BCUT2D eigenvalue weighted by Crippen LogP contribution is 2.60. The van der Waals surface area contributed by atoms with E-state index < -0.39 is 18.9 Å². The molecule has 0 bridgehead atoms. The van der Waals surface area contributed by atoms with Crippen LogP contribution in [-0.4, -0.2) is 47.8 Å². The molecular formula is C15H25N2O6P. The number of carbonyl (C=O) groups excluding carboxylic acids is 1. The van der Waals surface area contributed by atoms with Crippen LogP contribution in [0.3, 0.4) is 0 Å². The van der Waals surface area contributed by atoms with Crippen LogP contribution in [0.5, 0.6) is 0 Å². The van der Waals surface area contributed by atoms with E-state index in [0.29, 0.717) is 5.69 Å². The molecule has 1 atom stereocenters. The van der Waals surface area contributed by atoms with Crippen molar-refractivity contribution in [3.8, 4) is 0 Å². The van der Waals surface area contributed by atoms with Crippen LogP contribution in [0.4, 0.5) is 5.69 Å². The number of ether oxygens (including phenoxy) is 1. The molecule has 1 rings (SSSR count). The first kappa shape index (κ1) is 20.6. The standard InChI is InChI=1S/C15H25N2O6P/c1-4-21-14(18)15(19,24(20,22-5-2)23-6-3)9-11-17-13-8-7-10-16-12-13/h7-8,10,12,17,19H,4-6,9,11H2,1-3H3. The first-order valence-corrected chi connectivity index (χ1v) is 9.40. The topological polar surface area (TPSA) is 107 Å². The van der Waals surface area contributed by atoms with E-state index in [0.717, 1.165) is 0 Å². The Morgan fingerprint density at radius 1 is 1.29 bits per heavy atom. The molecule has 1 unspecified atom stereocenters. The smallest absolute Gasteiger partial charge is 0.373 e. The van der Waals surface area contributed by atoms with Crippen molar-refractivity contribution in [1.29, 1.82) is 0 Å². The summed E-state index contributed by atoms with van der Waals surface area (Å²) in [6.07, 6.45) is 3.00. The average Bonchev–Trinajstić information content (AvgIpc) is 2.56. The van der Waals surface area contributed by atoms with Crippen molar-refractivity contribution in [1.82, 2.24) is 4.98 Å². The Balaban J connectivity index is 2.96. The van der Waals surface area contributed by atoms with E-state index in [1.807, 2.05) is 0 Å². The Labute approximate surface area is 142 Å². The molecule has 0 radical (unpaired) electrons. The van der Waals surface area contributed by atoms with Crippen LogP contribution in [0, 0.1) is 0 Å². The lowest BCUT2D eigenvalue weighted by Gasteiger charge is -2.32. The van der Waals surface area contributed by atoms with Crippen molar-refractivity contribution in [2.75, 3.05) is 31.7 Å². The summed E-state index contributed by atoms with van der Waals surface area (Å²) in [7, 11) is -4.12.